The van der Waals surface area contributed by atoms with Crippen LogP contribution in [-0.4, -0.2) is 23.5 Å². The van der Waals surface area contributed by atoms with E-state index in [4.69, 9.17) is 4.52 Å². The van der Waals surface area contributed by atoms with Crippen LogP contribution >= 0.6 is 11.8 Å². The van der Waals surface area contributed by atoms with Gasteiger partial charge in [0, 0.05) is 23.0 Å². The Labute approximate surface area is 141 Å². The number of nitrogens with one attached hydrogen (secondary N) is 2. The molecule has 1 atom stereocenters. The molecule has 0 fully saturated rings. The normalized spacial score (nSPS) is 12.0. The smallest absolute Gasteiger partial charge is 0.319 e. The first-order valence-electron chi connectivity index (χ1n) is 7.56. The Hall–Kier alpha value is -1.95. The number of carbonyl (C=O) groups is 1. The maximum absolute atomic E-state index is 12.1. The van der Waals surface area contributed by atoms with Crippen molar-refractivity contribution in [3.05, 3.63) is 46.8 Å². The molecule has 0 saturated heterocycles. The molecule has 6 heteroatoms. The highest BCUT2D eigenvalue weighted by atomic mass is 32.2. The van der Waals surface area contributed by atoms with Gasteiger partial charge in [0.1, 0.15) is 5.76 Å². The Bertz CT molecular complexity index is 650. The van der Waals surface area contributed by atoms with Crippen molar-refractivity contribution in [2.75, 3.05) is 11.6 Å². The van der Waals surface area contributed by atoms with Crippen LogP contribution in [0.4, 0.5) is 10.5 Å². The number of thioether (sulfide) groups is 1. The second-order valence-corrected chi connectivity index (χ2v) is 6.51. The van der Waals surface area contributed by atoms with Gasteiger partial charge in [-0.15, -0.1) is 0 Å². The van der Waals surface area contributed by atoms with Gasteiger partial charge in [-0.1, -0.05) is 17.3 Å². The lowest BCUT2D eigenvalue weighted by Gasteiger charge is -2.15. The van der Waals surface area contributed by atoms with Gasteiger partial charge in [-0.3, -0.25) is 0 Å². The first-order chi connectivity index (χ1) is 11.0. The molecule has 0 aliphatic rings. The fourth-order valence-electron chi connectivity index (χ4n) is 2.45. The summed E-state index contributed by atoms with van der Waals surface area (Å²) in [7, 11) is 0. The molecule has 1 heterocycles. The molecule has 124 valence electrons. The van der Waals surface area contributed by atoms with Crippen LogP contribution in [-0.2, 0) is 12.2 Å². The summed E-state index contributed by atoms with van der Waals surface area (Å²) >= 11 is 1.75. The summed E-state index contributed by atoms with van der Waals surface area (Å²) < 4.78 is 5.15. The number of amides is 2. The lowest BCUT2D eigenvalue weighted by molar-refractivity contribution is 0.249. The van der Waals surface area contributed by atoms with Gasteiger partial charge in [0.25, 0.3) is 0 Å². The van der Waals surface area contributed by atoms with E-state index in [0.717, 1.165) is 28.5 Å². The van der Waals surface area contributed by atoms with Crippen LogP contribution in [0.3, 0.4) is 0 Å². The second kappa shape index (κ2) is 8.06. The third-order valence-electron chi connectivity index (χ3n) is 3.56. The minimum Gasteiger partial charge on any atom is -0.361 e. The predicted octanol–water partition coefficient (Wildman–Crippen LogP) is 3.91. The van der Waals surface area contributed by atoms with E-state index in [1.54, 1.807) is 11.8 Å². The van der Waals surface area contributed by atoms with Crippen LogP contribution in [0.15, 0.2) is 28.8 Å². The Balaban J connectivity index is 1.90. The van der Waals surface area contributed by atoms with Gasteiger partial charge in [0.2, 0.25) is 0 Å². The summed E-state index contributed by atoms with van der Waals surface area (Å²) in [6.07, 6.45) is 2.75. The Morgan fingerprint density at radius 3 is 2.83 bits per heavy atom. The number of nitrogens with zero attached hydrogens (tertiary/aromatic N) is 1. The summed E-state index contributed by atoms with van der Waals surface area (Å²) in [4.78, 5) is 12.1. The van der Waals surface area contributed by atoms with E-state index in [1.807, 2.05) is 39.0 Å². The number of benzene rings is 1. The quantitative estimate of drug-likeness (QED) is 0.841. The number of hydrogen-bond acceptors (Lipinski definition) is 4. The Morgan fingerprint density at radius 2 is 2.17 bits per heavy atom. The maximum Gasteiger partial charge on any atom is 0.319 e. The molecule has 0 unspecified atom stereocenters. The third kappa shape index (κ3) is 5.03. The molecular weight excluding hydrogens is 310 g/mol. The molecule has 23 heavy (non-hydrogen) atoms. The van der Waals surface area contributed by atoms with Crippen molar-refractivity contribution in [2.45, 2.75) is 39.0 Å². The van der Waals surface area contributed by atoms with E-state index in [1.165, 1.54) is 5.56 Å². The van der Waals surface area contributed by atoms with E-state index < -0.39 is 0 Å². The van der Waals surface area contributed by atoms with Crippen LogP contribution < -0.4 is 10.6 Å². The monoisotopic (exact) mass is 333 g/mol. The zero-order valence-corrected chi connectivity index (χ0v) is 14.8. The molecular formula is C17H23N3O2S. The van der Waals surface area contributed by atoms with E-state index >= 15 is 0 Å². The van der Waals surface area contributed by atoms with Crippen molar-refractivity contribution >= 4 is 23.5 Å². The zero-order valence-electron chi connectivity index (χ0n) is 14.0. The summed E-state index contributed by atoms with van der Waals surface area (Å²) in [6, 6.07) is 7.68. The third-order valence-corrected chi connectivity index (χ3v) is 4.19. The van der Waals surface area contributed by atoms with Gasteiger partial charge in [0.15, 0.2) is 0 Å². The molecule has 0 aliphatic heterocycles. The highest BCUT2D eigenvalue weighted by Gasteiger charge is 2.14. The predicted molar refractivity (Wildman–Crippen MR) is 95.0 cm³/mol. The van der Waals surface area contributed by atoms with Gasteiger partial charge in [-0.05, 0) is 51.1 Å². The first-order valence-corrected chi connectivity index (χ1v) is 8.96. The van der Waals surface area contributed by atoms with Crippen LogP contribution in [0.25, 0.3) is 0 Å². The van der Waals surface area contributed by atoms with E-state index in [0.29, 0.717) is 6.42 Å². The maximum atomic E-state index is 12.1. The van der Waals surface area contributed by atoms with Crippen LogP contribution in [0, 0.1) is 13.8 Å². The molecule has 0 spiro atoms. The van der Waals surface area contributed by atoms with Crippen molar-refractivity contribution in [1.82, 2.24) is 10.5 Å². The number of rotatable bonds is 6. The van der Waals surface area contributed by atoms with E-state index in [2.05, 4.69) is 28.1 Å². The van der Waals surface area contributed by atoms with Crippen molar-refractivity contribution in [3.63, 3.8) is 0 Å². The van der Waals surface area contributed by atoms with E-state index in [-0.39, 0.29) is 12.1 Å². The highest BCUT2D eigenvalue weighted by molar-refractivity contribution is 7.97. The highest BCUT2D eigenvalue weighted by Crippen LogP contribution is 2.16. The molecule has 1 aromatic heterocycles. The molecule has 2 N–H and O–H groups in total. The Kier molecular flexibility index (Phi) is 6.10. The molecule has 0 radical (unpaired) electrons. The van der Waals surface area contributed by atoms with Gasteiger partial charge in [-0.2, -0.15) is 11.8 Å². The molecule has 2 aromatic rings. The molecule has 0 aliphatic carbocycles. The standard InChI is InChI=1S/C17H23N3O2S/c1-11(8-16-12(2)20-22-13(16)3)18-17(21)19-15-7-5-6-14(9-15)10-23-4/h5-7,9,11H,8,10H2,1-4H3,(H2,18,19,21)/t11-/m0/s1. The van der Waals surface area contributed by atoms with Gasteiger partial charge >= 0.3 is 6.03 Å². The van der Waals surface area contributed by atoms with Crippen LogP contribution in [0.5, 0.6) is 0 Å². The van der Waals surface area contributed by atoms with E-state index in [9.17, 15) is 4.79 Å². The fourth-order valence-corrected chi connectivity index (χ4v) is 2.96. The molecule has 0 saturated carbocycles. The number of urea groups is 1. The average Bonchev–Trinajstić information content (AvgIpc) is 2.79. The van der Waals surface area contributed by atoms with Crippen molar-refractivity contribution < 1.29 is 9.32 Å². The van der Waals surface area contributed by atoms with Crippen molar-refractivity contribution in [1.29, 1.82) is 0 Å². The lowest BCUT2D eigenvalue weighted by Crippen LogP contribution is -2.37. The van der Waals surface area contributed by atoms with Gasteiger partial charge in [0.05, 0.1) is 5.69 Å². The Morgan fingerprint density at radius 1 is 1.39 bits per heavy atom. The second-order valence-electron chi connectivity index (χ2n) is 5.64. The number of anilines is 1. The van der Waals surface area contributed by atoms with Crippen molar-refractivity contribution in [2.24, 2.45) is 0 Å². The molecule has 5 nitrogen and oxygen atoms in total. The minimum atomic E-state index is -0.203. The number of aryl methyl sites for hydroxylation is 2. The summed E-state index contributed by atoms with van der Waals surface area (Å²) in [6.45, 7) is 5.77. The molecule has 2 amide bonds. The van der Waals surface area contributed by atoms with Crippen LogP contribution in [0.1, 0.15) is 29.5 Å². The molecule has 2 rings (SSSR count). The van der Waals surface area contributed by atoms with Crippen molar-refractivity contribution in [3.8, 4) is 0 Å². The topological polar surface area (TPSA) is 67.2 Å². The molecule has 0 bridgehead atoms. The number of carbonyl (C=O) groups excluding carboxylic acids is 1. The number of aromatic nitrogens is 1. The molecule has 1 aromatic carbocycles. The fraction of sp³-hybridized carbons (Fsp3) is 0.412. The first kappa shape index (κ1) is 17.4. The van der Waals surface area contributed by atoms with Gasteiger partial charge in [-0.25, -0.2) is 4.79 Å². The number of hydrogen-bond donors (Lipinski definition) is 2. The average molecular weight is 333 g/mol. The summed E-state index contributed by atoms with van der Waals surface area (Å²) in [5, 5.41) is 9.77. The van der Waals surface area contributed by atoms with Gasteiger partial charge < -0.3 is 15.2 Å². The SMILES string of the molecule is CSCc1cccc(NC(=O)N[C@@H](C)Cc2c(C)noc2C)c1. The zero-order chi connectivity index (χ0) is 16.8. The van der Waals surface area contributed by atoms with Crippen LogP contribution in [0.2, 0.25) is 0 Å². The minimum absolute atomic E-state index is 0.0128. The summed E-state index contributed by atoms with van der Waals surface area (Å²) in [5.74, 6) is 1.74. The summed E-state index contributed by atoms with van der Waals surface area (Å²) in [5.41, 5.74) is 3.93. The largest absolute Gasteiger partial charge is 0.361 e. The lowest BCUT2D eigenvalue weighted by atomic mass is 10.1.